The molecule has 2 N–H and O–H groups in total. The topological polar surface area (TPSA) is 43.8 Å². The van der Waals surface area contributed by atoms with E-state index in [1.54, 1.807) is 10.7 Å². The fourth-order valence-electron chi connectivity index (χ4n) is 1.37. The molecule has 3 nitrogen and oxygen atoms in total. The van der Waals surface area contributed by atoms with Gasteiger partial charge in [0.1, 0.15) is 5.82 Å². The summed E-state index contributed by atoms with van der Waals surface area (Å²) in [5.41, 5.74) is 6.19. The zero-order valence-electron chi connectivity index (χ0n) is 7.48. The van der Waals surface area contributed by atoms with Gasteiger partial charge in [-0.1, -0.05) is 6.07 Å². The summed E-state index contributed by atoms with van der Waals surface area (Å²) in [7, 11) is 0. The van der Waals surface area contributed by atoms with Gasteiger partial charge in [0.2, 0.25) is 0 Å². The molecule has 0 amide bonds. The zero-order chi connectivity index (χ0) is 9.26. The van der Waals surface area contributed by atoms with Gasteiger partial charge in [-0.3, -0.25) is 4.68 Å². The van der Waals surface area contributed by atoms with Crippen molar-refractivity contribution in [1.82, 2.24) is 9.78 Å². The van der Waals surface area contributed by atoms with Crippen LogP contribution in [0.15, 0.2) is 24.4 Å². The highest BCUT2D eigenvalue weighted by molar-refractivity contribution is 5.85. The molecule has 76 valence electrons. The number of nitrogens with two attached hydrogens (primary N) is 1. The summed E-state index contributed by atoms with van der Waals surface area (Å²) in [6.45, 7) is 1.13. The van der Waals surface area contributed by atoms with Crippen molar-refractivity contribution in [2.75, 3.05) is 6.54 Å². The van der Waals surface area contributed by atoms with E-state index in [2.05, 4.69) is 5.10 Å². The van der Waals surface area contributed by atoms with Gasteiger partial charge in [0.15, 0.2) is 0 Å². The average molecular weight is 216 g/mol. The Balaban J connectivity index is 0.000000980. The van der Waals surface area contributed by atoms with E-state index in [1.807, 2.05) is 6.07 Å². The lowest BCUT2D eigenvalue weighted by molar-refractivity contribution is 0.637. The largest absolute Gasteiger partial charge is 0.329 e. The predicted octanol–water partition coefficient (Wildman–Crippen LogP) is 1.56. The van der Waals surface area contributed by atoms with Crippen molar-refractivity contribution in [3.8, 4) is 0 Å². The van der Waals surface area contributed by atoms with Crippen LogP contribution in [0.25, 0.3) is 10.9 Å². The molecule has 1 heterocycles. The molecule has 0 aliphatic rings. The molecule has 2 rings (SSSR count). The predicted molar refractivity (Wildman–Crippen MR) is 56.0 cm³/mol. The minimum Gasteiger partial charge on any atom is -0.329 e. The van der Waals surface area contributed by atoms with E-state index < -0.39 is 0 Å². The molecule has 2 aromatic rings. The maximum atomic E-state index is 13.2. The van der Waals surface area contributed by atoms with Gasteiger partial charge in [0.25, 0.3) is 0 Å². The van der Waals surface area contributed by atoms with E-state index in [4.69, 9.17) is 5.73 Å². The average Bonchev–Trinajstić information content (AvgIpc) is 2.51. The maximum Gasteiger partial charge on any atom is 0.134 e. The third kappa shape index (κ3) is 1.71. The van der Waals surface area contributed by atoms with Gasteiger partial charge in [-0.25, -0.2) is 4.39 Å². The minimum absolute atomic E-state index is 0. The van der Waals surface area contributed by atoms with Crippen molar-refractivity contribution in [1.29, 1.82) is 0 Å². The van der Waals surface area contributed by atoms with Gasteiger partial charge in [-0.05, 0) is 12.1 Å². The van der Waals surface area contributed by atoms with Crippen LogP contribution in [0.2, 0.25) is 0 Å². The van der Waals surface area contributed by atoms with Gasteiger partial charge >= 0.3 is 0 Å². The van der Waals surface area contributed by atoms with Crippen LogP contribution in [-0.4, -0.2) is 16.3 Å². The smallest absolute Gasteiger partial charge is 0.134 e. The monoisotopic (exact) mass is 215 g/mol. The van der Waals surface area contributed by atoms with Crippen molar-refractivity contribution < 1.29 is 4.39 Å². The molecule has 0 saturated carbocycles. The van der Waals surface area contributed by atoms with Gasteiger partial charge < -0.3 is 5.73 Å². The van der Waals surface area contributed by atoms with Gasteiger partial charge in [-0.15, -0.1) is 12.4 Å². The highest BCUT2D eigenvalue weighted by atomic mass is 35.5. The molecule has 0 unspecified atom stereocenters. The van der Waals surface area contributed by atoms with Crippen molar-refractivity contribution in [3.05, 3.63) is 30.2 Å². The van der Waals surface area contributed by atoms with Crippen LogP contribution in [-0.2, 0) is 6.54 Å². The molecular formula is C9H11ClFN3. The normalized spacial score (nSPS) is 10.1. The lowest BCUT2D eigenvalue weighted by atomic mass is 10.2. The number of rotatable bonds is 2. The number of hydrogen-bond donors (Lipinski definition) is 1. The second-order valence-corrected chi connectivity index (χ2v) is 2.83. The van der Waals surface area contributed by atoms with E-state index >= 15 is 0 Å². The van der Waals surface area contributed by atoms with E-state index in [9.17, 15) is 4.39 Å². The van der Waals surface area contributed by atoms with Gasteiger partial charge in [-0.2, -0.15) is 5.10 Å². The maximum absolute atomic E-state index is 13.2. The molecule has 14 heavy (non-hydrogen) atoms. The molecule has 0 atom stereocenters. The summed E-state index contributed by atoms with van der Waals surface area (Å²) < 4.78 is 14.9. The Morgan fingerprint density at radius 3 is 2.93 bits per heavy atom. The molecule has 0 bridgehead atoms. The SMILES string of the molecule is Cl.NCCn1ncc2c(F)cccc21. The Bertz CT molecular complexity index is 427. The van der Waals surface area contributed by atoms with Crippen LogP contribution in [0.3, 0.4) is 0 Å². The first-order valence-corrected chi connectivity index (χ1v) is 4.13. The Kier molecular flexibility index (Phi) is 3.43. The van der Waals surface area contributed by atoms with E-state index in [0.29, 0.717) is 18.5 Å². The second-order valence-electron chi connectivity index (χ2n) is 2.83. The van der Waals surface area contributed by atoms with Crippen LogP contribution in [0.4, 0.5) is 4.39 Å². The second kappa shape index (κ2) is 4.39. The quantitative estimate of drug-likeness (QED) is 0.826. The van der Waals surface area contributed by atoms with E-state index in [0.717, 1.165) is 5.52 Å². The molecule has 0 aliphatic heterocycles. The first-order chi connectivity index (χ1) is 6.33. The highest BCUT2D eigenvalue weighted by Crippen LogP contribution is 2.16. The molecule has 0 saturated heterocycles. The minimum atomic E-state index is -0.235. The first-order valence-electron chi connectivity index (χ1n) is 4.13. The number of fused-ring (bicyclic) bond motifs is 1. The molecule has 0 radical (unpaired) electrons. The number of halogens is 2. The lowest BCUT2D eigenvalue weighted by Gasteiger charge is -1.99. The van der Waals surface area contributed by atoms with Crippen molar-refractivity contribution in [2.45, 2.75) is 6.54 Å². The van der Waals surface area contributed by atoms with Crippen LogP contribution >= 0.6 is 12.4 Å². The van der Waals surface area contributed by atoms with Crippen molar-refractivity contribution >= 4 is 23.3 Å². The Hall–Kier alpha value is -1.13. The standard InChI is InChI=1S/C9H10FN3.ClH/c10-8-2-1-3-9-7(8)6-12-13(9)5-4-11;/h1-3,6H,4-5,11H2;1H. The van der Waals surface area contributed by atoms with Gasteiger partial charge in [0.05, 0.1) is 23.6 Å². The molecule has 0 aliphatic carbocycles. The van der Waals surface area contributed by atoms with E-state index in [-0.39, 0.29) is 18.2 Å². The summed E-state index contributed by atoms with van der Waals surface area (Å²) in [6.07, 6.45) is 1.53. The highest BCUT2D eigenvalue weighted by Gasteiger charge is 2.04. The summed E-state index contributed by atoms with van der Waals surface area (Å²) in [4.78, 5) is 0. The number of nitrogens with zero attached hydrogens (tertiary/aromatic N) is 2. The summed E-state index contributed by atoms with van der Waals surface area (Å²) in [5.74, 6) is -0.235. The number of benzene rings is 1. The fourth-order valence-corrected chi connectivity index (χ4v) is 1.37. The Morgan fingerprint density at radius 1 is 1.43 bits per heavy atom. The Morgan fingerprint density at radius 2 is 2.21 bits per heavy atom. The molecule has 0 fully saturated rings. The van der Waals surface area contributed by atoms with Crippen molar-refractivity contribution in [3.63, 3.8) is 0 Å². The fraction of sp³-hybridized carbons (Fsp3) is 0.222. The molecule has 0 spiro atoms. The first kappa shape index (κ1) is 10.9. The van der Waals surface area contributed by atoms with Crippen molar-refractivity contribution in [2.24, 2.45) is 5.73 Å². The molecular weight excluding hydrogens is 205 g/mol. The summed E-state index contributed by atoms with van der Waals surface area (Å²) in [6, 6.07) is 4.93. The number of aromatic nitrogens is 2. The zero-order valence-corrected chi connectivity index (χ0v) is 8.30. The summed E-state index contributed by atoms with van der Waals surface area (Å²) in [5, 5.41) is 4.59. The molecule has 1 aromatic heterocycles. The van der Waals surface area contributed by atoms with Crippen LogP contribution in [0.5, 0.6) is 0 Å². The van der Waals surface area contributed by atoms with Crippen LogP contribution in [0.1, 0.15) is 0 Å². The van der Waals surface area contributed by atoms with Crippen LogP contribution < -0.4 is 5.73 Å². The third-order valence-electron chi connectivity index (χ3n) is 1.98. The molecule has 5 heteroatoms. The number of hydrogen-bond acceptors (Lipinski definition) is 2. The third-order valence-corrected chi connectivity index (χ3v) is 1.98. The van der Waals surface area contributed by atoms with Crippen LogP contribution in [0, 0.1) is 5.82 Å². The Labute approximate surface area is 87.1 Å². The lowest BCUT2D eigenvalue weighted by Crippen LogP contribution is -2.10. The van der Waals surface area contributed by atoms with E-state index in [1.165, 1.54) is 12.3 Å². The van der Waals surface area contributed by atoms with Gasteiger partial charge in [0, 0.05) is 6.54 Å². The molecule has 1 aromatic carbocycles. The summed E-state index contributed by atoms with van der Waals surface area (Å²) >= 11 is 0.